The van der Waals surface area contributed by atoms with Crippen LogP contribution in [0.15, 0.2) is 18.2 Å². The number of rotatable bonds is 3. The second-order valence-corrected chi connectivity index (χ2v) is 5.93. The van der Waals surface area contributed by atoms with Crippen LogP contribution in [0.5, 0.6) is 0 Å². The van der Waals surface area contributed by atoms with E-state index in [4.69, 9.17) is 21.6 Å². The van der Waals surface area contributed by atoms with E-state index >= 15 is 0 Å². The summed E-state index contributed by atoms with van der Waals surface area (Å²) >= 11 is 6.24. The van der Waals surface area contributed by atoms with Gasteiger partial charge < -0.3 is 5.32 Å². The molecule has 4 heteroatoms. The summed E-state index contributed by atoms with van der Waals surface area (Å²) in [6.45, 7) is 4.97. The van der Waals surface area contributed by atoms with Gasteiger partial charge in [-0.3, -0.25) is 0 Å². The van der Waals surface area contributed by atoms with Gasteiger partial charge in [0, 0.05) is 28.4 Å². The molecule has 3 rings (SSSR count). The maximum Gasteiger partial charge on any atom is 0.161 e. The van der Waals surface area contributed by atoms with Crippen LogP contribution in [0.1, 0.15) is 36.6 Å². The number of nitrogens with zero attached hydrogens (tertiary/aromatic N) is 2. The van der Waals surface area contributed by atoms with E-state index in [1.54, 1.807) is 0 Å². The van der Waals surface area contributed by atoms with Crippen molar-refractivity contribution >= 4 is 17.4 Å². The van der Waals surface area contributed by atoms with E-state index in [0.29, 0.717) is 0 Å². The zero-order valence-electron chi connectivity index (χ0n) is 12.5. The summed E-state index contributed by atoms with van der Waals surface area (Å²) in [5.41, 5.74) is 4.55. The molecule has 0 spiro atoms. The first-order valence-electron chi connectivity index (χ1n) is 7.59. The van der Waals surface area contributed by atoms with Crippen molar-refractivity contribution in [1.82, 2.24) is 9.97 Å². The molecular formula is C17H20ClN3. The van der Waals surface area contributed by atoms with Crippen molar-refractivity contribution in [2.24, 2.45) is 0 Å². The zero-order chi connectivity index (χ0) is 14.8. The van der Waals surface area contributed by atoms with Crippen molar-refractivity contribution in [3.63, 3.8) is 0 Å². The first kappa shape index (κ1) is 14.3. The van der Waals surface area contributed by atoms with Crippen LogP contribution in [-0.4, -0.2) is 16.5 Å². The first-order valence-corrected chi connectivity index (χ1v) is 7.97. The van der Waals surface area contributed by atoms with Gasteiger partial charge in [0.25, 0.3) is 0 Å². The molecule has 0 saturated carbocycles. The molecule has 0 bridgehead atoms. The SMILES string of the molecule is CCNc1nc(-c2ccc(C)c(Cl)c2)nc2c1CCCC2. The van der Waals surface area contributed by atoms with Gasteiger partial charge in [0.2, 0.25) is 0 Å². The Morgan fingerprint density at radius 1 is 1.19 bits per heavy atom. The van der Waals surface area contributed by atoms with E-state index < -0.39 is 0 Å². The minimum Gasteiger partial charge on any atom is -0.370 e. The lowest BCUT2D eigenvalue weighted by molar-refractivity contribution is 0.665. The van der Waals surface area contributed by atoms with E-state index in [1.165, 1.54) is 24.1 Å². The fourth-order valence-corrected chi connectivity index (χ4v) is 2.95. The number of aryl methyl sites for hydroxylation is 2. The summed E-state index contributed by atoms with van der Waals surface area (Å²) in [6.07, 6.45) is 4.56. The van der Waals surface area contributed by atoms with Crippen molar-refractivity contribution in [2.45, 2.75) is 39.5 Å². The van der Waals surface area contributed by atoms with Crippen molar-refractivity contribution in [3.05, 3.63) is 40.0 Å². The number of hydrogen-bond acceptors (Lipinski definition) is 3. The van der Waals surface area contributed by atoms with Crippen LogP contribution < -0.4 is 5.32 Å². The van der Waals surface area contributed by atoms with Crippen LogP contribution >= 0.6 is 11.6 Å². The van der Waals surface area contributed by atoms with Gasteiger partial charge in [0.15, 0.2) is 5.82 Å². The Bertz CT molecular complexity index is 667. The van der Waals surface area contributed by atoms with Gasteiger partial charge in [-0.2, -0.15) is 0 Å². The summed E-state index contributed by atoms with van der Waals surface area (Å²) in [5.74, 6) is 1.77. The standard InChI is InChI=1S/C17H20ClN3/c1-3-19-17-13-6-4-5-7-15(13)20-16(21-17)12-9-8-11(2)14(18)10-12/h8-10H,3-7H2,1-2H3,(H,19,20,21). The maximum absolute atomic E-state index is 6.24. The van der Waals surface area contributed by atoms with Crippen molar-refractivity contribution in [2.75, 3.05) is 11.9 Å². The predicted molar refractivity (Wildman–Crippen MR) is 88.0 cm³/mol. The molecule has 0 unspecified atom stereocenters. The van der Waals surface area contributed by atoms with Gasteiger partial charge in [-0.05, 0) is 51.2 Å². The van der Waals surface area contributed by atoms with Gasteiger partial charge >= 0.3 is 0 Å². The monoisotopic (exact) mass is 301 g/mol. The van der Waals surface area contributed by atoms with Gasteiger partial charge in [0.05, 0.1) is 0 Å². The molecule has 1 heterocycles. The van der Waals surface area contributed by atoms with E-state index in [1.807, 2.05) is 25.1 Å². The smallest absolute Gasteiger partial charge is 0.161 e. The number of anilines is 1. The molecule has 0 fully saturated rings. The van der Waals surface area contributed by atoms with Crippen LogP contribution in [0.3, 0.4) is 0 Å². The molecule has 0 saturated heterocycles. The lowest BCUT2D eigenvalue weighted by Crippen LogP contribution is -2.13. The normalized spacial score (nSPS) is 13.9. The average molecular weight is 302 g/mol. The van der Waals surface area contributed by atoms with Gasteiger partial charge in [-0.15, -0.1) is 0 Å². The minimum atomic E-state index is 0.763. The third-order valence-corrected chi connectivity index (χ3v) is 4.36. The Morgan fingerprint density at radius 3 is 2.76 bits per heavy atom. The molecular weight excluding hydrogens is 282 g/mol. The molecule has 2 aromatic rings. The molecule has 1 aliphatic carbocycles. The number of nitrogens with one attached hydrogen (secondary N) is 1. The van der Waals surface area contributed by atoms with Crippen molar-refractivity contribution < 1.29 is 0 Å². The summed E-state index contributed by atoms with van der Waals surface area (Å²) in [4.78, 5) is 9.52. The number of aromatic nitrogens is 2. The number of halogens is 1. The van der Waals surface area contributed by atoms with Gasteiger partial charge in [0.1, 0.15) is 5.82 Å². The largest absolute Gasteiger partial charge is 0.370 e. The van der Waals surface area contributed by atoms with E-state index in [2.05, 4.69) is 12.2 Å². The van der Waals surface area contributed by atoms with E-state index in [9.17, 15) is 0 Å². The van der Waals surface area contributed by atoms with Gasteiger partial charge in [-0.25, -0.2) is 9.97 Å². The van der Waals surface area contributed by atoms with Crippen molar-refractivity contribution in [1.29, 1.82) is 0 Å². The second-order valence-electron chi connectivity index (χ2n) is 5.52. The molecule has 1 N–H and O–H groups in total. The summed E-state index contributed by atoms with van der Waals surface area (Å²) < 4.78 is 0. The average Bonchev–Trinajstić information content (AvgIpc) is 2.50. The topological polar surface area (TPSA) is 37.8 Å². The second kappa shape index (κ2) is 6.02. The lowest BCUT2D eigenvalue weighted by atomic mass is 9.96. The van der Waals surface area contributed by atoms with Crippen LogP contribution in [0.4, 0.5) is 5.82 Å². The molecule has 1 aromatic heterocycles. The highest BCUT2D eigenvalue weighted by molar-refractivity contribution is 6.31. The molecule has 0 atom stereocenters. The molecule has 21 heavy (non-hydrogen) atoms. The molecule has 1 aliphatic rings. The van der Waals surface area contributed by atoms with E-state index in [0.717, 1.165) is 47.2 Å². The third-order valence-electron chi connectivity index (χ3n) is 3.96. The fourth-order valence-electron chi connectivity index (χ4n) is 2.77. The number of benzene rings is 1. The Morgan fingerprint density at radius 2 is 2.00 bits per heavy atom. The summed E-state index contributed by atoms with van der Waals surface area (Å²) in [7, 11) is 0. The number of fused-ring (bicyclic) bond motifs is 1. The van der Waals surface area contributed by atoms with Crippen LogP contribution in [-0.2, 0) is 12.8 Å². The highest BCUT2D eigenvalue weighted by atomic mass is 35.5. The fraction of sp³-hybridized carbons (Fsp3) is 0.412. The predicted octanol–water partition coefficient (Wildman–Crippen LogP) is 4.42. The van der Waals surface area contributed by atoms with E-state index in [-0.39, 0.29) is 0 Å². The Kier molecular flexibility index (Phi) is 4.11. The number of hydrogen-bond donors (Lipinski definition) is 1. The highest BCUT2D eigenvalue weighted by Gasteiger charge is 2.18. The van der Waals surface area contributed by atoms with Crippen LogP contribution in [0, 0.1) is 6.92 Å². The third kappa shape index (κ3) is 2.88. The molecule has 0 radical (unpaired) electrons. The molecule has 0 amide bonds. The van der Waals surface area contributed by atoms with Crippen molar-refractivity contribution in [3.8, 4) is 11.4 Å². The first-order chi connectivity index (χ1) is 10.2. The quantitative estimate of drug-likeness (QED) is 0.912. The van der Waals surface area contributed by atoms with Crippen LogP contribution in [0.2, 0.25) is 5.02 Å². The zero-order valence-corrected chi connectivity index (χ0v) is 13.3. The molecule has 1 aromatic carbocycles. The summed E-state index contributed by atoms with van der Waals surface area (Å²) in [6, 6.07) is 6.02. The Hall–Kier alpha value is -1.61. The van der Waals surface area contributed by atoms with Crippen LogP contribution in [0.25, 0.3) is 11.4 Å². The lowest BCUT2D eigenvalue weighted by Gasteiger charge is -2.19. The highest BCUT2D eigenvalue weighted by Crippen LogP contribution is 2.29. The maximum atomic E-state index is 6.24. The Balaban J connectivity index is 2.09. The molecule has 0 aliphatic heterocycles. The molecule has 3 nitrogen and oxygen atoms in total. The summed E-state index contributed by atoms with van der Waals surface area (Å²) in [5, 5.41) is 4.15. The molecule has 110 valence electrons. The minimum absolute atomic E-state index is 0.763. The Labute approximate surface area is 130 Å². The van der Waals surface area contributed by atoms with Gasteiger partial charge in [-0.1, -0.05) is 23.7 Å².